The molecule has 20 heavy (non-hydrogen) atoms. The molecule has 0 unspecified atom stereocenters. The molecular weight excluding hydrogens is 313 g/mol. The van der Waals surface area contributed by atoms with Gasteiger partial charge in [-0.25, -0.2) is 0 Å². The number of nitrogens with zero attached hydrogens (tertiary/aromatic N) is 1. The van der Waals surface area contributed by atoms with Crippen LogP contribution in [0.3, 0.4) is 0 Å². The Labute approximate surface area is 128 Å². The Morgan fingerprint density at radius 2 is 1.80 bits per heavy atom. The fourth-order valence-electron chi connectivity index (χ4n) is 2.49. The zero-order valence-electron chi connectivity index (χ0n) is 11.4. The Balaban J connectivity index is 1.67. The molecule has 0 saturated carbocycles. The maximum absolute atomic E-state index is 5.99. The van der Waals surface area contributed by atoms with Gasteiger partial charge in [-0.3, -0.25) is 0 Å². The van der Waals surface area contributed by atoms with Crippen LogP contribution in [0.4, 0.5) is 0 Å². The van der Waals surface area contributed by atoms with Crippen molar-refractivity contribution in [1.29, 1.82) is 0 Å². The molecule has 4 heteroatoms. The molecule has 0 amide bonds. The summed E-state index contributed by atoms with van der Waals surface area (Å²) in [5, 5.41) is 2.43. The van der Waals surface area contributed by atoms with E-state index in [0.29, 0.717) is 0 Å². The molecule has 1 aliphatic heterocycles. The normalized spacial score (nSPS) is 16.4. The van der Waals surface area contributed by atoms with Crippen molar-refractivity contribution in [1.82, 2.24) is 4.90 Å². The molecule has 1 fully saturated rings. The van der Waals surface area contributed by atoms with Crippen LogP contribution in [0.15, 0.2) is 36.4 Å². The number of fused-ring (bicyclic) bond motifs is 1. The summed E-state index contributed by atoms with van der Waals surface area (Å²) >= 11 is 2.62. The monoisotopic (exact) mass is 331 g/mol. The van der Waals surface area contributed by atoms with Crippen LogP contribution in [-0.2, 0) is 4.74 Å². The van der Waals surface area contributed by atoms with Crippen molar-refractivity contribution < 1.29 is 9.47 Å². The van der Waals surface area contributed by atoms with Crippen LogP contribution in [0.2, 0.25) is 0 Å². The van der Waals surface area contributed by atoms with Crippen LogP contribution in [-0.4, -0.2) is 61.2 Å². The summed E-state index contributed by atoms with van der Waals surface area (Å²) in [4.78, 5) is 2.39. The molecule has 2 aromatic carbocycles. The molecular formula is C16H18AsNO2. The fourth-order valence-corrected chi connectivity index (χ4v) is 3.06. The molecule has 0 aliphatic carbocycles. The van der Waals surface area contributed by atoms with Gasteiger partial charge in [-0.05, 0) is 0 Å². The Bertz CT molecular complexity index is 582. The van der Waals surface area contributed by atoms with Crippen LogP contribution < -0.4 is 9.09 Å². The molecule has 0 N–H and O–H groups in total. The van der Waals surface area contributed by atoms with E-state index in [4.69, 9.17) is 9.47 Å². The first kappa shape index (κ1) is 13.9. The van der Waals surface area contributed by atoms with Crippen LogP contribution in [0.5, 0.6) is 5.75 Å². The molecule has 3 nitrogen and oxygen atoms in total. The van der Waals surface area contributed by atoms with E-state index >= 15 is 0 Å². The van der Waals surface area contributed by atoms with Crippen LogP contribution >= 0.6 is 0 Å². The predicted octanol–water partition coefficient (Wildman–Crippen LogP) is 1.34. The Hall–Kier alpha value is -1.02. The van der Waals surface area contributed by atoms with Gasteiger partial charge in [0.15, 0.2) is 0 Å². The van der Waals surface area contributed by atoms with E-state index in [1.54, 1.807) is 0 Å². The minimum atomic E-state index is 0.724. The van der Waals surface area contributed by atoms with Gasteiger partial charge in [-0.1, -0.05) is 0 Å². The van der Waals surface area contributed by atoms with Crippen molar-refractivity contribution in [2.75, 3.05) is 39.5 Å². The Morgan fingerprint density at radius 3 is 2.60 bits per heavy atom. The summed E-state index contributed by atoms with van der Waals surface area (Å²) in [5.74, 6) is 0.976. The van der Waals surface area contributed by atoms with E-state index in [-0.39, 0.29) is 0 Å². The number of hydrogen-bond acceptors (Lipinski definition) is 3. The number of ether oxygens (including phenoxy) is 2. The number of rotatable bonds is 4. The third kappa shape index (κ3) is 3.17. The average molecular weight is 331 g/mol. The molecule has 0 aromatic heterocycles. The first-order chi connectivity index (χ1) is 9.84. The standard InChI is InChI=1S/C16H18AsNO2/c17-15-5-6-16(14-4-2-1-3-13(14)15)20-12-9-18-7-10-19-11-8-18/h1-6H,7-12H2. The molecule has 104 valence electrons. The Morgan fingerprint density at radius 1 is 1.05 bits per heavy atom. The minimum absolute atomic E-state index is 0.724. The van der Waals surface area contributed by atoms with E-state index in [1.165, 1.54) is 15.1 Å². The average Bonchev–Trinajstić information content (AvgIpc) is 2.51. The van der Waals surface area contributed by atoms with Crippen LogP contribution in [0.1, 0.15) is 0 Å². The summed E-state index contributed by atoms with van der Waals surface area (Å²) in [6.07, 6.45) is 0. The van der Waals surface area contributed by atoms with Crippen molar-refractivity contribution in [3.05, 3.63) is 36.4 Å². The SMILES string of the molecule is [As]c1ccc(OCCN2CCOCC2)c2ccccc12. The summed E-state index contributed by atoms with van der Waals surface area (Å²) in [6.45, 7) is 5.38. The fraction of sp³-hybridized carbons (Fsp3) is 0.375. The first-order valence-electron chi connectivity index (χ1n) is 6.98. The summed E-state index contributed by atoms with van der Waals surface area (Å²) < 4.78 is 12.6. The zero-order chi connectivity index (χ0) is 13.8. The van der Waals surface area contributed by atoms with E-state index in [9.17, 15) is 0 Å². The quantitative estimate of drug-likeness (QED) is 0.790. The second kappa shape index (κ2) is 6.62. The third-order valence-electron chi connectivity index (χ3n) is 3.63. The first-order valence-corrected chi connectivity index (χ1v) is 7.92. The van der Waals surface area contributed by atoms with Gasteiger partial charge >= 0.3 is 128 Å². The molecule has 1 heterocycles. The zero-order valence-corrected chi connectivity index (χ0v) is 13.3. The van der Waals surface area contributed by atoms with E-state index in [2.05, 4.69) is 58.2 Å². The van der Waals surface area contributed by atoms with Gasteiger partial charge in [0.1, 0.15) is 0 Å². The third-order valence-corrected chi connectivity index (χ3v) is 4.45. The van der Waals surface area contributed by atoms with Gasteiger partial charge in [-0.2, -0.15) is 0 Å². The molecule has 1 saturated heterocycles. The second-order valence-electron chi connectivity index (χ2n) is 4.93. The van der Waals surface area contributed by atoms with E-state index < -0.39 is 0 Å². The van der Waals surface area contributed by atoms with Crippen molar-refractivity contribution in [3.63, 3.8) is 0 Å². The van der Waals surface area contributed by atoms with Gasteiger partial charge in [0, 0.05) is 0 Å². The van der Waals surface area contributed by atoms with Crippen LogP contribution in [0.25, 0.3) is 10.8 Å². The van der Waals surface area contributed by atoms with Gasteiger partial charge in [0.2, 0.25) is 0 Å². The van der Waals surface area contributed by atoms with E-state index in [0.717, 1.165) is 45.2 Å². The van der Waals surface area contributed by atoms with Gasteiger partial charge in [0.05, 0.1) is 0 Å². The van der Waals surface area contributed by atoms with Gasteiger partial charge < -0.3 is 0 Å². The van der Waals surface area contributed by atoms with Gasteiger partial charge in [0.25, 0.3) is 0 Å². The maximum atomic E-state index is 5.99. The topological polar surface area (TPSA) is 21.7 Å². The molecule has 2 radical (unpaired) electrons. The van der Waals surface area contributed by atoms with Crippen molar-refractivity contribution >= 4 is 32.0 Å². The predicted molar refractivity (Wildman–Crippen MR) is 82.1 cm³/mol. The molecule has 1 aliphatic rings. The molecule has 2 aromatic rings. The molecule has 0 spiro atoms. The van der Waals surface area contributed by atoms with Crippen molar-refractivity contribution in [2.24, 2.45) is 0 Å². The van der Waals surface area contributed by atoms with Crippen LogP contribution in [0, 0.1) is 0 Å². The second-order valence-corrected chi connectivity index (χ2v) is 5.94. The number of hydrogen-bond donors (Lipinski definition) is 0. The number of benzene rings is 2. The molecule has 0 bridgehead atoms. The Kier molecular flexibility index (Phi) is 4.61. The van der Waals surface area contributed by atoms with Crippen molar-refractivity contribution in [2.45, 2.75) is 0 Å². The number of morpholine rings is 1. The molecule has 3 rings (SSSR count). The van der Waals surface area contributed by atoms with Crippen molar-refractivity contribution in [3.8, 4) is 5.75 Å². The van der Waals surface area contributed by atoms with E-state index in [1.807, 2.05) is 0 Å². The summed E-state index contributed by atoms with van der Waals surface area (Å²) in [7, 11) is 0. The summed E-state index contributed by atoms with van der Waals surface area (Å²) in [6, 6.07) is 12.6. The summed E-state index contributed by atoms with van der Waals surface area (Å²) in [5.41, 5.74) is 0. The molecule has 0 atom stereocenters. The van der Waals surface area contributed by atoms with Gasteiger partial charge in [-0.15, -0.1) is 0 Å².